The molecule has 4 heteroatoms. The number of benzene rings is 1. The van der Waals surface area contributed by atoms with E-state index in [-0.39, 0.29) is 12.0 Å². The Balaban J connectivity index is 2.36. The van der Waals surface area contributed by atoms with Crippen molar-refractivity contribution in [2.24, 2.45) is 5.73 Å². The minimum atomic E-state index is -0.210. The number of carbonyl (C=O) groups is 1. The molecule has 1 aromatic carbocycles. The van der Waals surface area contributed by atoms with Gasteiger partial charge in [0.25, 0.3) is 0 Å². The fourth-order valence-electron chi connectivity index (χ4n) is 1.40. The van der Waals surface area contributed by atoms with E-state index in [0.717, 1.165) is 11.3 Å². The summed E-state index contributed by atoms with van der Waals surface area (Å²) in [6, 6.07) is 7.67. The second kappa shape index (κ2) is 6.91. The van der Waals surface area contributed by atoms with E-state index >= 15 is 0 Å². The van der Waals surface area contributed by atoms with Crippen LogP contribution < -0.4 is 10.5 Å². The average molecular weight is 237 g/mol. The molecule has 0 saturated heterocycles. The summed E-state index contributed by atoms with van der Waals surface area (Å²) >= 11 is 0. The van der Waals surface area contributed by atoms with Crippen LogP contribution in [0.2, 0.25) is 0 Å². The van der Waals surface area contributed by atoms with Crippen molar-refractivity contribution in [3.05, 3.63) is 29.8 Å². The van der Waals surface area contributed by atoms with Crippen molar-refractivity contribution in [1.29, 1.82) is 0 Å². The number of rotatable bonds is 6. The van der Waals surface area contributed by atoms with E-state index in [1.807, 2.05) is 31.2 Å². The van der Waals surface area contributed by atoms with Crippen LogP contribution in [0.5, 0.6) is 5.75 Å². The summed E-state index contributed by atoms with van der Waals surface area (Å²) in [6.07, 6.45) is 1.03. The molecule has 0 bridgehead atoms. The van der Waals surface area contributed by atoms with Gasteiger partial charge in [-0.2, -0.15) is 0 Å². The zero-order valence-corrected chi connectivity index (χ0v) is 10.3. The van der Waals surface area contributed by atoms with E-state index in [9.17, 15) is 4.79 Å². The number of hydrogen-bond donors (Lipinski definition) is 1. The molecule has 0 heterocycles. The molecular weight excluding hydrogens is 218 g/mol. The normalized spacial score (nSPS) is 11.9. The predicted molar refractivity (Wildman–Crippen MR) is 65.8 cm³/mol. The highest BCUT2D eigenvalue weighted by atomic mass is 16.5. The molecule has 2 N–H and O–H groups in total. The van der Waals surface area contributed by atoms with Gasteiger partial charge in [-0.15, -0.1) is 0 Å². The topological polar surface area (TPSA) is 61.5 Å². The minimum absolute atomic E-state index is 0.00591. The molecule has 1 atom stereocenters. The third kappa shape index (κ3) is 4.87. The lowest BCUT2D eigenvalue weighted by molar-refractivity contribution is -0.140. The summed E-state index contributed by atoms with van der Waals surface area (Å²) in [4.78, 5) is 10.9. The largest absolute Gasteiger partial charge is 0.494 e. The standard InChI is InChI=1S/C13H19NO3/c1-10(14)11-5-3-6-12(9-11)17-8-4-7-13(15)16-2/h3,5-6,9-10H,4,7-8,14H2,1-2H3/t10-/m0/s1. The first kappa shape index (κ1) is 13.5. The molecule has 0 spiro atoms. The Morgan fingerprint density at radius 2 is 2.24 bits per heavy atom. The molecule has 0 amide bonds. The van der Waals surface area contributed by atoms with Gasteiger partial charge < -0.3 is 15.2 Å². The number of nitrogens with two attached hydrogens (primary N) is 1. The highest BCUT2D eigenvalue weighted by Gasteiger charge is 2.02. The van der Waals surface area contributed by atoms with Gasteiger partial charge in [0.2, 0.25) is 0 Å². The lowest BCUT2D eigenvalue weighted by Gasteiger charge is -2.09. The molecule has 4 nitrogen and oxygen atoms in total. The fourth-order valence-corrected chi connectivity index (χ4v) is 1.40. The van der Waals surface area contributed by atoms with Crippen LogP contribution >= 0.6 is 0 Å². The summed E-state index contributed by atoms with van der Waals surface area (Å²) in [5, 5.41) is 0. The molecule has 17 heavy (non-hydrogen) atoms. The van der Waals surface area contributed by atoms with Gasteiger partial charge in [0.1, 0.15) is 5.75 Å². The lowest BCUT2D eigenvalue weighted by atomic mass is 10.1. The Morgan fingerprint density at radius 1 is 1.47 bits per heavy atom. The third-order valence-electron chi connectivity index (χ3n) is 2.41. The molecule has 94 valence electrons. The number of methoxy groups -OCH3 is 1. The molecule has 0 aliphatic rings. The molecule has 0 saturated carbocycles. The van der Waals surface area contributed by atoms with E-state index in [1.165, 1.54) is 7.11 Å². The molecule has 0 radical (unpaired) electrons. The van der Waals surface area contributed by atoms with Crippen molar-refractivity contribution in [3.8, 4) is 5.75 Å². The summed E-state index contributed by atoms with van der Waals surface area (Å²) in [5.74, 6) is 0.572. The van der Waals surface area contributed by atoms with Crippen LogP contribution in [0.3, 0.4) is 0 Å². The molecule has 1 aromatic rings. The van der Waals surface area contributed by atoms with Crippen molar-refractivity contribution in [1.82, 2.24) is 0 Å². The van der Waals surface area contributed by atoms with Gasteiger partial charge >= 0.3 is 5.97 Å². The molecule has 0 unspecified atom stereocenters. The first-order chi connectivity index (χ1) is 8.13. The summed E-state index contributed by atoms with van der Waals surface area (Å²) < 4.78 is 10.1. The van der Waals surface area contributed by atoms with E-state index in [0.29, 0.717) is 19.4 Å². The number of hydrogen-bond acceptors (Lipinski definition) is 4. The Morgan fingerprint density at radius 3 is 2.88 bits per heavy atom. The van der Waals surface area contributed by atoms with E-state index in [1.54, 1.807) is 0 Å². The smallest absolute Gasteiger partial charge is 0.305 e. The van der Waals surface area contributed by atoms with Gasteiger partial charge in [0.05, 0.1) is 13.7 Å². The zero-order valence-electron chi connectivity index (χ0n) is 10.3. The van der Waals surface area contributed by atoms with Crippen molar-refractivity contribution >= 4 is 5.97 Å². The quantitative estimate of drug-likeness (QED) is 0.607. The van der Waals surface area contributed by atoms with Gasteiger partial charge in [-0.3, -0.25) is 4.79 Å². The lowest BCUT2D eigenvalue weighted by Crippen LogP contribution is -2.06. The van der Waals surface area contributed by atoms with Crippen LogP contribution in [0.4, 0.5) is 0 Å². The molecule has 0 aliphatic heterocycles. The van der Waals surface area contributed by atoms with E-state index in [2.05, 4.69) is 4.74 Å². The van der Waals surface area contributed by atoms with Gasteiger partial charge in [-0.1, -0.05) is 12.1 Å². The monoisotopic (exact) mass is 237 g/mol. The molecule has 0 aromatic heterocycles. The predicted octanol–water partition coefficient (Wildman–Crippen LogP) is 2.04. The van der Waals surface area contributed by atoms with Crippen molar-refractivity contribution < 1.29 is 14.3 Å². The molecule has 0 aliphatic carbocycles. The maximum Gasteiger partial charge on any atom is 0.305 e. The van der Waals surface area contributed by atoms with Crippen LogP contribution in [0.1, 0.15) is 31.4 Å². The van der Waals surface area contributed by atoms with Gasteiger partial charge in [-0.25, -0.2) is 0 Å². The SMILES string of the molecule is COC(=O)CCCOc1cccc([C@H](C)N)c1. The third-order valence-corrected chi connectivity index (χ3v) is 2.41. The summed E-state index contributed by atoms with van der Waals surface area (Å²) in [5.41, 5.74) is 6.82. The van der Waals surface area contributed by atoms with E-state index < -0.39 is 0 Å². The Hall–Kier alpha value is -1.55. The Kier molecular flexibility index (Phi) is 5.49. The van der Waals surface area contributed by atoms with Crippen LogP contribution in [0.15, 0.2) is 24.3 Å². The summed E-state index contributed by atoms with van der Waals surface area (Å²) in [7, 11) is 1.38. The highest BCUT2D eigenvalue weighted by Crippen LogP contribution is 2.17. The number of esters is 1. The molecular formula is C13H19NO3. The van der Waals surface area contributed by atoms with Crippen molar-refractivity contribution in [2.45, 2.75) is 25.8 Å². The molecule has 1 rings (SSSR count). The van der Waals surface area contributed by atoms with Crippen molar-refractivity contribution in [3.63, 3.8) is 0 Å². The maximum atomic E-state index is 10.9. The van der Waals surface area contributed by atoms with Crippen LogP contribution in [0.25, 0.3) is 0 Å². The number of carbonyl (C=O) groups excluding carboxylic acids is 1. The van der Waals surface area contributed by atoms with Crippen LogP contribution in [-0.2, 0) is 9.53 Å². The Bertz CT molecular complexity index is 363. The highest BCUT2D eigenvalue weighted by molar-refractivity contribution is 5.69. The summed E-state index contributed by atoms with van der Waals surface area (Å²) in [6.45, 7) is 2.42. The van der Waals surface area contributed by atoms with Gasteiger partial charge in [0, 0.05) is 12.5 Å². The Labute approximate surface area is 102 Å². The first-order valence-corrected chi connectivity index (χ1v) is 5.68. The first-order valence-electron chi connectivity index (χ1n) is 5.68. The maximum absolute atomic E-state index is 10.9. The van der Waals surface area contributed by atoms with Crippen LogP contribution in [0, 0.1) is 0 Å². The number of ether oxygens (including phenoxy) is 2. The second-order valence-electron chi connectivity index (χ2n) is 3.89. The van der Waals surface area contributed by atoms with Crippen molar-refractivity contribution in [2.75, 3.05) is 13.7 Å². The van der Waals surface area contributed by atoms with Gasteiger partial charge in [-0.05, 0) is 31.0 Å². The van der Waals surface area contributed by atoms with Gasteiger partial charge in [0.15, 0.2) is 0 Å². The zero-order chi connectivity index (χ0) is 12.7. The fraction of sp³-hybridized carbons (Fsp3) is 0.462. The second-order valence-corrected chi connectivity index (χ2v) is 3.89. The van der Waals surface area contributed by atoms with E-state index in [4.69, 9.17) is 10.5 Å². The molecule has 0 fully saturated rings. The average Bonchev–Trinajstić information content (AvgIpc) is 2.34. The van der Waals surface area contributed by atoms with Crippen LogP contribution in [-0.4, -0.2) is 19.7 Å². The minimum Gasteiger partial charge on any atom is -0.494 e.